The molecule has 0 unspecified atom stereocenters. The molecule has 9 heteroatoms. The summed E-state index contributed by atoms with van der Waals surface area (Å²) in [5.74, 6) is -2.18. The Kier molecular flexibility index (Phi) is 8.42. The van der Waals surface area contributed by atoms with Crippen molar-refractivity contribution >= 4 is 27.7 Å². The maximum atomic E-state index is 12.0. The van der Waals surface area contributed by atoms with E-state index in [1.807, 2.05) is 6.92 Å². The van der Waals surface area contributed by atoms with Gasteiger partial charge in [0.15, 0.2) is 16.4 Å². The topological polar surface area (TPSA) is 116 Å². The molecular formula is C18H25NO7S. The third-order valence-electron chi connectivity index (χ3n) is 3.94. The largest absolute Gasteiger partial charge is 0.467 e. The van der Waals surface area contributed by atoms with Gasteiger partial charge in [0.2, 0.25) is 0 Å². The molecule has 0 aliphatic carbocycles. The molecule has 0 heterocycles. The van der Waals surface area contributed by atoms with Gasteiger partial charge in [-0.15, -0.1) is 0 Å². The van der Waals surface area contributed by atoms with Gasteiger partial charge in [0.25, 0.3) is 5.91 Å². The average molecular weight is 399 g/mol. The van der Waals surface area contributed by atoms with Crippen molar-refractivity contribution in [3.8, 4) is 0 Å². The molecular weight excluding hydrogens is 374 g/mol. The van der Waals surface area contributed by atoms with Crippen LogP contribution in [0.2, 0.25) is 0 Å². The predicted octanol–water partition coefficient (Wildman–Crippen LogP) is 1.09. The Balaban J connectivity index is 2.62. The first-order valence-electron chi connectivity index (χ1n) is 8.38. The molecule has 1 N–H and O–H groups in total. The van der Waals surface area contributed by atoms with E-state index >= 15 is 0 Å². The molecule has 0 aliphatic rings. The van der Waals surface area contributed by atoms with Crippen LogP contribution in [0.3, 0.4) is 0 Å². The van der Waals surface area contributed by atoms with E-state index in [0.29, 0.717) is 12.0 Å². The predicted molar refractivity (Wildman–Crippen MR) is 98.7 cm³/mol. The van der Waals surface area contributed by atoms with Crippen LogP contribution >= 0.6 is 0 Å². The van der Waals surface area contributed by atoms with Crippen molar-refractivity contribution in [1.82, 2.24) is 5.32 Å². The Bertz CT molecular complexity index is 771. The van der Waals surface area contributed by atoms with Gasteiger partial charge in [-0.2, -0.15) is 0 Å². The Labute approximate surface area is 159 Å². The summed E-state index contributed by atoms with van der Waals surface area (Å²) in [5, 5.41) is 2.50. The number of rotatable bonds is 9. The minimum Gasteiger partial charge on any atom is -0.467 e. The summed E-state index contributed by atoms with van der Waals surface area (Å²) in [6.07, 6.45) is 1.77. The van der Waals surface area contributed by atoms with Crippen molar-refractivity contribution in [2.24, 2.45) is 5.92 Å². The van der Waals surface area contributed by atoms with Crippen molar-refractivity contribution in [3.05, 3.63) is 35.4 Å². The first-order valence-corrected chi connectivity index (χ1v) is 10.4. The summed E-state index contributed by atoms with van der Waals surface area (Å²) < 4.78 is 32.1. The lowest BCUT2D eigenvalue weighted by atomic mass is 9.99. The highest BCUT2D eigenvalue weighted by molar-refractivity contribution is 7.89. The fourth-order valence-electron chi connectivity index (χ4n) is 2.27. The van der Waals surface area contributed by atoms with Crippen molar-refractivity contribution in [1.29, 1.82) is 0 Å². The molecule has 0 saturated carbocycles. The number of methoxy groups -OCH3 is 1. The fraction of sp³-hybridized carbons (Fsp3) is 0.500. The second-order valence-corrected chi connectivity index (χ2v) is 8.44. The number of sulfone groups is 1. The number of ether oxygens (including phenoxy) is 2. The lowest BCUT2D eigenvalue weighted by molar-refractivity contribution is -0.147. The van der Waals surface area contributed by atoms with E-state index < -0.39 is 40.3 Å². The summed E-state index contributed by atoms with van der Waals surface area (Å²) in [7, 11) is -1.94. The van der Waals surface area contributed by atoms with Gasteiger partial charge in [0.05, 0.1) is 18.4 Å². The Morgan fingerprint density at radius 2 is 1.74 bits per heavy atom. The van der Waals surface area contributed by atoms with E-state index in [9.17, 15) is 22.8 Å². The number of amides is 1. The van der Waals surface area contributed by atoms with Crippen molar-refractivity contribution in [2.75, 3.05) is 20.0 Å². The molecule has 8 nitrogen and oxygen atoms in total. The van der Waals surface area contributed by atoms with Crippen LogP contribution in [-0.2, 0) is 34.7 Å². The lowest BCUT2D eigenvalue weighted by Gasteiger charge is -2.21. The van der Waals surface area contributed by atoms with E-state index in [2.05, 4.69) is 10.1 Å². The van der Waals surface area contributed by atoms with Gasteiger partial charge in [0.1, 0.15) is 6.04 Å². The van der Waals surface area contributed by atoms with Crippen molar-refractivity contribution < 1.29 is 32.3 Å². The zero-order valence-electron chi connectivity index (χ0n) is 15.9. The number of hydrogen-bond donors (Lipinski definition) is 1. The minimum absolute atomic E-state index is 0.130. The first-order chi connectivity index (χ1) is 12.6. The highest BCUT2D eigenvalue weighted by Gasteiger charge is 2.27. The number of carbonyl (C=O) groups is 3. The molecule has 27 heavy (non-hydrogen) atoms. The van der Waals surface area contributed by atoms with Crippen LogP contribution in [0, 0.1) is 5.92 Å². The molecule has 2 atom stereocenters. The normalized spacial score (nSPS) is 13.3. The second-order valence-electron chi connectivity index (χ2n) is 6.30. The first kappa shape index (κ1) is 22.6. The number of esters is 2. The van der Waals surface area contributed by atoms with Crippen LogP contribution in [0.1, 0.15) is 36.2 Å². The zero-order chi connectivity index (χ0) is 20.6. The standard InChI is InChI=1S/C18H25NO7S/c1-5-12(2)16(18(22)25-3)19-15(20)10-26-17(21)14-8-6-13(7-9-14)11-27(4,23)24/h6-9,12,16H,5,10-11H2,1-4H3,(H,19,20)/t12-,16-/m0/s1. The Morgan fingerprint density at radius 1 is 1.15 bits per heavy atom. The quantitative estimate of drug-likeness (QED) is 0.618. The molecule has 0 saturated heterocycles. The molecule has 0 aliphatic heterocycles. The van der Waals surface area contributed by atoms with Gasteiger partial charge < -0.3 is 14.8 Å². The van der Waals surface area contributed by atoms with E-state index in [0.717, 1.165) is 6.26 Å². The maximum absolute atomic E-state index is 12.0. The number of hydrogen-bond acceptors (Lipinski definition) is 7. The minimum atomic E-state index is -3.17. The zero-order valence-corrected chi connectivity index (χ0v) is 16.7. The molecule has 1 aromatic carbocycles. The SMILES string of the molecule is CC[C@H](C)[C@H](NC(=O)COC(=O)c1ccc(CS(C)(=O)=O)cc1)C(=O)OC. The molecule has 1 amide bonds. The van der Waals surface area contributed by atoms with E-state index in [1.165, 1.54) is 31.4 Å². The van der Waals surface area contributed by atoms with Crippen LogP contribution in [0.5, 0.6) is 0 Å². The van der Waals surface area contributed by atoms with Crippen LogP contribution in [0.15, 0.2) is 24.3 Å². The van der Waals surface area contributed by atoms with E-state index in [4.69, 9.17) is 4.74 Å². The van der Waals surface area contributed by atoms with Crippen LogP contribution < -0.4 is 5.32 Å². The van der Waals surface area contributed by atoms with Gasteiger partial charge in [-0.05, 0) is 23.6 Å². The Morgan fingerprint density at radius 3 is 2.22 bits per heavy atom. The summed E-state index contributed by atoms with van der Waals surface area (Å²) >= 11 is 0. The number of benzene rings is 1. The third-order valence-corrected chi connectivity index (χ3v) is 4.80. The number of carbonyl (C=O) groups excluding carboxylic acids is 3. The van der Waals surface area contributed by atoms with E-state index in [-0.39, 0.29) is 17.2 Å². The molecule has 150 valence electrons. The maximum Gasteiger partial charge on any atom is 0.338 e. The highest BCUT2D eigenvalue weighted by Crippen LogP contribution is 2.10. The number of nitrogens with one attached hydrogen (secondary N) is 1. The molecule has 0 aromatic heterocycles. The van der Waals surface area contributed by atoms with Gasteiger partial charge >= 0.3 is 11.9 Å². The third kappa shape index (κ3) is 7.78. The summed E-state index contributed by atoms with van der Waals surface area (Å²) in [6.45, 7) is 3.13. The van der Waals surface area contributed by atoms with Crippen molar-refractivity contribution in [3.63, 3.8) is 0 Å². The van der Waals surface area contributed by atoms with Gasteiger partial charge in [-0.25, -0.2) is 18.0 Å². The van der Waals surface area contributed by atoms with Gasteiger partial charge in [-0.3, -0.25) is 4.79 Å². The summed E-state index contributed by atoms with van der Waals surface area (Å²) in [6, 6.07) is 5.05. The van der Waals surface area contributed by atoms with Gasteiger partial charge in [-0.1, -0.05) is 32.4 Å². The highest BCUT2D eigenvalue weighted by atomic mass is 32.2. The van der Waals surface area contributed by atoms with Crippen molar-refractivity contribution in [2.45, 2.75) is 32.1 Å². The van der Waals surface area contributed by atoms with Gasteiger partial charge in [0, 0.05) is 6.26 Å². The second kappa shape index (κ2) is 10.1. The summed E-state index contributed by atoms with van der Waals surface area (Å²) in [5.41, 5.74) is 0.729. The van der Waals surface area contributed by atoms with Crippen LogP contribution in [0.25, 0.3) is 0 Å². The Hall–Kier alpha value is -2.42. The fourth-order valence-corrected chi connectivity index (χ4v) is 3.06. The molecule has 0 fully saturated rings. The molecule has 0 radical (unpaired) electrons. The van der Waals surface area contributed by atoms with E-state index in [1.54, 1.807) is 6.92 Å². The van der Waals surface area contributed by atoms with Crippen LogP contribution in [0.4, 0.5) is 0 Å². The lowest BCUT2D eigenvalue weighted by Crippen LogP contribution is -2.47. The van der Waals surface area contributed by atoms with Crippen LogP contribution in [-0.4, -0.2) is 52.3 Å². The monoisotopic (exact) mass is 399 g/mol. The molecule has 0 spiro atoms. The summed E-state index contributed by atoms with van der Waals surface area (Å²) in [4.78, 5) is 35.7. The smallest absolute Gasteiger partial charge is 0.338 e. The molecule has 1 rings (SSSR count). The average Bonchev–Trinajstić information content (AvgIpc) is 2.62. The molecule has 0 bridgehead atoms. The molecule has 1 aromatic rings.